The van der Waals surface area contributed by atoms with E-state index in [1.54, 1.807) is 30.3 Å². The maximum Gasteiger partial charge on any atom is 0.303 e. The van der Waals surface area contributed by atoms with Gasteiger partial charge in [-0.15, -0.1) is 0 Å². The molecule has 1 heterocycles. The highest BCUT2D eigenvalue weighted by Crippen LogP contribution is 2.26. The predicted molar refractivity (Wildman–Crippen MR) is 109 cm³/mol. The molecule has 3 aromatic rings. The number of aliphatic carboxylic acids is 1. The summed E-state index contributed by atoms with van der Waals surface area (Å²) in [5, 5.41) is 16.1. The maximum atomic E-state index is 12.5. The molecule has 0 bridgehead atoms. The maximum absolute atomic E-state index is 12.5. The van der Waals surface area contributed by atoms with Gasteiger partial charge in [-0.3, -0.25) is 10.2 Å². The van der Waals surface area contributed by atoms with Crippen LogP contribution in [0.25, 0.3) is 22.4 Å². The number of fused-ring (bicyclic) bond motifs is 1. The van der Waals surface area contributed by atoms with Crippen LogP contribution in [0.15, 0.2) is 47.4 Å². The molecule has 1 aromatic heterocycles. The molecular formula is C19H21N5O4S. The van der Waals surface area contributed by atoms with Gasteiger partial charge in [0, 0.05) is 31.1 Å². The second-order valence-corrected chi connectivity index (χ2v) is 8.30. The summed E-state index contributed by atoms with van der Waals surface area (Å²) in [6, 6.07) is 11.7. The number of aryl methyl sites for hydroxylation is 1. The summed E-state index contributed by atoms with van der Waals surface area (Å²) in [6.45, 7) is 0.0443. The van der Waals surface area contributed by atoms with Crippen LogP contribution in [0.2, 0.25) is 0 Å². The molecule has 5 N–H and O–H groups in total. The fraction of sp³-hybridized carbons (Fsp3) is 0.211. The molecule has 0 atom stereocenters. The van der Waals surface area contributed by atoms with Crippen molar-refractivity contribution in [3.8, 4) is 11.4 Å². The van der Waals surface area contributed by atoms with E-state index in [4.69, 9.17) is 16.2 Å². The van der Waals surface area contributed by atoms with Crippen LogP contribution in [0.4, 0.5) is 0 Å². The molecule has 0 aliphatic heterocycles. The number of nitrogens with zero attached hydrogens (tertiary/aromatic N) is 2. The van der Waals surface area contributed by atoms with Gasteiger partial charge in [0.25, 0.3) is 0 Å². The Morgan fingerprint density at radius 3 is 2.55 bits per heavy atom. The molecular weight excluding hydrogens is 394 g/mol. The molecule has 10 heteroatoms. The van der Waals surface area contributed by atoms with E-state index in [0.717, 1.165) is 11.1 Å². The number of amidine groups is 1. The van der Waals surface area contributed by atoms with E-state index in [1.807, 2.05) is 11.6 Å². The summed E-state index contributed by atoms with van der Waals surface area (Å²) in [4.78, 5) is 15.2. The van der Waals surface area contributed by atoms with Crippen LogP contribution in [-0.2, 0) is 21.9 Å². The normalized spacial score (nSPS) is 11.6. The minimum atomic E-state index is -3.76. The lowest BCUT2D eigenvalue weighted by molar-refractivity contribution is -0.137. The number of nitrogen functional groups attached to an aromatic ring is 1. The lowest BCUT2D eigenvalue weighted by atomic mass is 10.1. The molecule has 0 saturated heterocycles. The first-order valence-corrected chi connectivity index (χ1v) is 10.3. The smallest absolute Gasteiger partial charge is 0.303 e. The minimum Gasteiger partial charge on any atom is -0.481 e. The van der Waals surface area contributed by atoms with Gasteiger partial charge >= 0.3 is 5.97 Å². The predicted octanol–water partition coefficient (Wildman–Crippen LogP) is 1.67. The zero-order chi connectivity index (χ0) is 21.2. The van der Waals surface area contributed by atoms with Gasteiger partial charge in [0.05, 0.1) is 15.9 Å². The second kappa shape index (κ2) is 8.02. The molecule has 29 heavy (non-hydrogen) atoms. The van der Waals surface area contributed by atoms with E-state index < -0.39 is 16.0 Å². The Morgan fingerprint density at radius 2 is 1.93 bits per heavy atom. The number of aromatic nitrogens is 2. The van der Waals surface area contributed by atoms with Gasteiger partial charge in [-0.1, -0.05) is 24.3 Å². The van der Waals surface area contributed by atoms with Crippen molar-refractivity contribution < 1.29 is 18.3 Å². The number of nitrogens with one attached hydrogen (secondary N) is 2. The van der Waals surface area contributed by atoms with Gasteiger partial charge in [-0.05, 0) is 24.6 Å². The summed E-state index contributed by atoms with van der Waals surface area (Å²) in [7, 11) is -1.93. The Kier molecular flexibility index (Phi) is 5.66. The number of hydrogen-bond donors (Lipinski definition) is 4. The van der Waals surface area contributed by atoms with Crippen LogP contribution < -0.4 is 10.5 Å². The summed E-state index contributed by atoms with van der Waals surface area (Å²) in [5.41, 5.74) is 8.18. The molecule has 0 unspecified atom stereocenters. The topological polar surface area (TPSA) is 151 Å². The molecule has 152 valence electrons. The molecule has 0 spiro atoms. The van der Waals surface area contributed by atoms with Crippen molar-refractivity contribution in [3.63, 3.8) is 0 Å². The van der Waals surface area contributed by atoms with Crippen LogP contribution >= 0.6 is 0 Å². The van der Waals surface area contributed by atoms with Crippen molar-refractivity contribution in [1.29, 1.82) is 5.41 Å². The average Bonchev–Trinajstić information content (AvgIpc) is 3.01. The van der Waals surface area contributed by atoms with Gasteiger partial charge in [0.15, 0.2) is 0 Å². The third kappa shape index (κ3) is 4.44. The molecule has 0 aliphatic carbocycles. The highest BCUT2D eigenvalue weighted by molar-refractivity contribution is 7.89. The molecule has 0 fully saturated rings. The van der Waals surface area contributed by atoms with Crippen molar-refractivity contribution >= 4 is 32.9 Å². The van der Waals surface area contributed by atoms with Crippen LogP contribution in [0.5, 0.6) is 0 Å². The van der Waals surface area contributed by atoms with Crippen LogP contribution in [0, 0.1) is 5.41 Å². The molecule has 0 amide bonds. The number of sulfonamides is 1. The Morgan fingerprint density at radius 1 is 1.24 bits per heavy atom. The lowest BCUT2D eigenvalue weighted by Crippen LogP contribution is -2.25. The summed E-state index contributed by atoms with van der Waals surface area (Å²) < 4.78 is 29.2. The minimum absolute atomic E-state index is 0.0211. The van der Waals surface area contributed by atoms with Crippen LogP contribution in [0.1, 0.15) is 18.4 Å². The standard InChI is InChI=1S/C19H21N5O4S/c1-24-16-9-8-14(29(27,28)22-10-2-3-17(25)26)11-15(16)23-19(24)13-6-4-12(5-7-13)18(20)21/h4-9,11,22H,2-3,10H2,1H3,(H3,20,21)(H,25,26). The number of hydrogen-bond acceptors (Lipinski definition) is 5. The van der Waals surface area contributed by atoms with Gasteiger partial charge in [0.2, 0.25) is 10.0 Å². The molecule has 2 aromatic carbocycles. The van der Waals surface area contributed by atoms with E-state index in [1.165, 1.54) is 12.1 Å². The number of carboxylic acid groups (broad SMARTS) is 1. The Bertz CT molecular complexity index is 1180. The summed E-state index contributed by atoms with van der Waals surface area (Å²) in [6.07, 6.45) is 0.106. The van der Waals surface area contributed by atoms with E-state index >= 15 is 0 Å². The van der Waals surface area contributed by atoms with E-state index in [0.29, 0.717) is 16.9 Å². The van der Waals surface area contributed by atoms with Crippen LogP contribution in [0.3, 0.4) is 0 Å². The first-order valence-electron chi connectivity index (χ1n) is 8.82. The van der Waals surface area contributed by atoms with Gasteiger partial charge < -0.3 is 15.4 Å². The molecule has 3 rings (SSSR count). The van der Waals surface area contributed by atoms with Gasteiger partial charge in [0.1, 0.15) is 11.7 Å². The van der Waals surface area contributed by atoms with Crippen molar-refractivity contribution in [2.75, 3.05) is 6.54 Å². The molecule has 0 saturated carbocycles. The zero-order valence-corrected chi connectivity index (χ0v) is 16.5. The van der Waals surface area contributed by atoms with E-state index in [-0.39, 0.29) is 30.1 Å². The first kappa shape index (κ1) is 20.5. The number of nitrogens with two attached hydrogens (primary N) is 1. The quantitative estimate of drug-likeness (QED) is 0.249. The van der Waals surface area contributed by atoms with E-state index in [9.17, 15) is 13.2 Å². The second-order valence-electron chi connectivity index (χ2n) is 6.53. The number of benzene rings is 2. The fourth-order valence-electron chi connectivity index (χ4n) is 2.93. The van der Waals surface area contributed by atoms with Gasteiger partial charge in [-0.2, -0.15) is 0 Å². The number of rotatable bonds is 8. The van der Waals surface area contributed by atoms with Crippen LogP contribution in [-0.4, -0.2) is 41.4 Å². The van der Waals surface area contributed by atoms with Crippen molar-refractivity contribution in [3.05, 3.63) is 48.0 Å². The summed E-state index contributed by atoms with van der Waals surface area (Å²) >= 11 is 0. The van der Waals surface area contributed by atoms with Gasteiger partial charge in [-0.25, -0.2) is 18.1 Å². The van der Waals surface area contributed by atoms with E-state index in [2.05, 4.69) is 9.71 Å². The zero-order valence-electron chi connectivity index (χ0n) is 15.7. The highest BCUT2D eigenvalue weighted by Gasteiger charge is 2.17. The fourth-order valence-corrected chi connectivity index (χ4v) is 4.03. The number of carboxylic acids is 1. The number of imidazole rings is 1. The molecule has 0 radical (unpaired) electrons. The number of carbonyl (C=O) groups is 1. The Balaban J connectivity index is 1.89. The summed E-state index contributed by atoms with van der Waals surface area (Å²) in [5.74, 6) is -0.339. The SMILES string of the molecule is Cn1c(-c2ccc(C(=N)N)cc2)nc2cc(S(=O)(=O)NCCCC(=O)O)ccc21. The van der Waals surface area contributed by atoms with Crippen molar-refractivity contribution in [2.24, 2.45) is 12.8 Å². The Hall–Kier alpha value is -3.24. The first-order chi connectivity index (χ1) is 13.7. The largest absolute Gasteiger partial charge is 0.481 e. The molecule has 9 nitrogen and oxygen atoms in total. The third-order valence-electron chi connectivity index (χ3n) is 4.48. The average molecular weight is 415 g/mol. The van der Waals surface area contributed by atoms with Crippen molar-refractivity contribution in [1.82, 2.24) is 14.3 Å². The third-order valence-corrected chi connectivity index (χ3v) is 5.93. The lowest BCUT2D eigenvalue weighted by Gasteiger charge is -2.06. The highest BCUT2D eigenvalue weighted by atomic mass is 32.2. The monoisotopic (exact) mass is 415 g/mol. The Labute approximate surface area is 167 Å². The van der Waals surface area contributed by atoms with Crippen molar-refractivity contribution in [2.45, 2.75) is 17.7 Å². The molecule has 0 aliphatic rings.